The van der Waals surface area contributed by atoms with E-state index >= 15 is 0 Å². The summed E-state index contributed by atoms with van der Waals surface area (Å²) in [5.41, 5.74) is 4.54. The van der Waals surface area contributed by atoms with Crippen LogP contribution in [0.3, 0.4) is 0 Å². The fourth-order valence-corrected chi connectivity index (χ4v) is 2.56. The number of allylic oxidation sites excluding steroid dienone is 2. The minimum atomic E-state index is 1.09. The van der Waals surface area contributed by atoms with Crippen molar-refractivity contribution in [1.29, 1.82) is 0 Å². The molecule has 156 valence electrons. The molecular weight excluding hydrogens is 350 g/mol. The Balaban J connectivity index is 0. The Morgan fingerprint density at radius 1 is 0.655 bits per heavy atom. The Bertz CT molecular complexity index is 829. The van der Waals surface area contributed by atoms with Crippen molar-refractivity contribution < 1.29 is 0 Å². The van der Waals surface area contributed by atoms with E-state index in [-0.39, 0.29) is 0 Å². The highest BCUT2D eigenvalue weighted by Crippen LogP contribution is 2.30. The smallest absolute Gasteiger partial charge is 0.0541 e. The van der Waals surface area contributed by atoms with E-state index in [1.54, 1.807) is 12.2 Å². The molecule has 0 N–H and O–H groups in total. The van der Waals surface area contributed by atoms with Crippen LogP contribution in [0.15, 0.2) is 93.1 Å². The second-order valence-electron chi connectivity index (χ2n) is 5.21. The maximum Gasteiger partial charge on any atom is 0.0541 e. The summed E-state index contributed by atoms with van der Waals surface area (Å²) in [5.74, 6) is 0. The number of rotatable bonds is 3. The summed E-state index contributed by atoms with van der Waals surface area (Å²) in [5, 5.41) is 1.20. The minimum Gasteiger partial charge on any atom is -0.309 e. The van der Waals surface area contributed by atoms with E-state index in [1.807, 2.05) is 71.9 Å². The van der Waals surface area contributed by atoms with Crippen LogP contribution in [0.5, 0.6) is 0 Å². The van der Waals surface area contributed by atoms with Crippen LogP contribution in [-0.2, 0) is 0 Å². The molecule has 0 saturated carbocycles. The van der Waals surface area contributed by atoms with E-state index in [1.165, 1.54) is 10.9 Å². The molecule has 1 heteroatoms. The van der Waals surface area contributed by atoms with Crippen LogP contribution in [0.25, 0.3) is 28.7 Å². The average molecular weight is 390 g/mol. The predicted molar refractivity (Wildman–Crippen MR) is 138 cm³/mol. The number of aromatic nitrogens is 1. The third-order valence-electron chi connectivity index (χ3n) is 3.36. The van der Waals surface area contributed by atoms with E-state index < -0.39 is 0 Å². The van der Waals surface area contributed by atoms with Crippen molar-refractivity contribution in [1.82, 2.24) is 4.57 Å². The molecule has 3 aromatic rings. The standard InChI is InChI=1S/C18H15N.2C3H6.2C2H6/c1-3-15-16-12-8-9-13-18(16)19(17(15)4-2)14-10-6-5-7-11-14;2*1-3-2;2*1-2/h3-13H,1-2H2;2*3H,1H2,2H3;2*1-2H3. The first-order chi connectivity index (χ1) is 14.2. The van der Waals surface area contributed by atoms with Gasteiger partial charge in [-0.2, -0.15) is 0 Å². The van der Waals surface area contributed by atoms with Crippen molar-refractivity contribution in [2.75, 3.05) is 0 Å². The lowest BCUT2D eigenvalue weighted by molar-refractivity contribution is 1.11. The van der Waals surface area contributed by atoms with Gasteiger partial charge in [-0.15, -0.1) is 13.2 Å². The molecule has 0 radical (unpaired) electrons. The van der Waals surface area contributed by atoms with Crippen molar-refractivity contribution in [2.45, 2.75) is 41.5 Å². The Hall–Kier alpha value is -3.06. The van der Waals surface area contributed by atoms with Crippen molar-refractivity contribution in [2.24, 2.45) is 0 Å². The summed E-state index contributed by atoms with van der Waals surface area (Å²) >= 11 is 0. The maximum atomic E-state index is 3.95. The molecule has 0 saturated heterocycles. The van der Waals surface area contributed by atoms with Gasteiger partial charge >= 0.3 is 0 Å². The summed E-state index contributed by atoms with van der Waals surface area (Å²) in [4.78, 5) is 0. The molecule has 0 atom stereocenters. The van der Waals surface area contributed by atoms with Gasteiger partial charge in [0, 0.05) is 16.6 Å². The highest BCUT2D eigenvalue weighted by molar-refractivity contribution is 5.95. The lowest BCUT2D eigenvalue weighted by atomic mass is 10.1. The lowest BCUT2D eigenvalue weighted by Crippen LogP contribution is -1.96. The SMILES string of the molecule is C=CC.C=CC.C=Cc1c(C=C)n(-c2ccccc2)c2ccccc12.CC.CC. The van der Waals surface area contributed by atoms with Crippen LogP contribution < -0.4 is 0 Å². The largest absolute Gasteiger partial charge is 0.309 e. The Labute approximate surface area is 179 Å². The number of para-hydroxylation sites is 2. The molecule has 1 nitrogen and oxygen atoms in total. The van der Waals surface area contributed by atoms with Crippen molar-refractivity contribution in [3.63, 3.8) is 0 Å². The van der Waals surface area contributed by atoms with Gasteiger partial charge in [0.25, 0.3) is 0 Å². The number of benzene rings is 2. The summed E-state index contributed by atoms with van der Waals surface area (Å²) in [6.07, 6.45) is 7.29. The van der Waals surface area contributed by atoms with Crippen molar-refractivity contribution in [3.05, 3.63) is 104 Å². The van der Waals surface area contributed by atoms with Gasteiger partial charge in [0.15, 0.2) is 0 Å². The highest BCUT2D eigenvalue weighted by atomic mass is 15.0. The number of fused-ring (bicyclic) bond motifs is 1. The van der Waals surface area contributed by atoms with Gasteiger partial charge < -0.3 is 4.57 Å². The molecule has 2 aromatic carbocycles. The Morgan fingerprint density at radius 3 is 1.55 bits per heavy atom. The van der Waals surface area contributed by atoms with Crippen LogP contribution in [-0.4, -0.2) is 4.57 Å². The molecule has 0 spiro atoms. The van der Waals surface area contributed by atoms with Gasteiger partial charge in [-0.1, -0.05) is 95.5 Å². The van der Waals surface area contributed by atoms with E-state index in [2.05, 4.69) is 67.3 Å². The molecule has 0 bridgehead atoms. The number of hydrogen-bond acceptors (Lipinski definition) is 0. The van der Waals surface area contributed by atoms with Crippen LogP contribution in [0.4, 0.5) is 0 Å². The topological polar surface area (TPSA) is 4.93 Å². The zero-order valence-corrected chi connectivity index (χ0v) is 19.3. The fraction of sp³-hybridized carbons (Fsp3) is 0.214. The second kappa shape index (κ2) is 18.3. The molecule has 0 fully saturated rings. The van der Waals surface area contributed by atoms with Gasteiger partial charge in [-0.05, 0) is 38.1 Å². The van der Waals surface area contributed by atoms with Crippen LogP contribution >= 0.6 is 0 Å². The van der Waals surface area contributed by atoms with Gasteiger partial charge in [-0.3, -0.25) is 0 Å². The van der Waals surface area contributed by atoms with E-state index in [0.717, 1.165) is 16.9 Å². The van der Waals surface area contributed by atoms with Crippen molar-refractivity contribution in [3.8, 4) is 5.69 Å². The first-order valence-corrected chi connectivity index (χ1v) is 10.3. The first kappa shape index (κ1) is 28.2. The molecule has 0 amide bonds. The molecule has 1 aromatic heterocycles. The second-order valence-corrected chi connectivity index (χ2v) is 5.21. The molecule has 1 heterocycles. The molecule has 0 aliphatic rings. The third kappa shape index (κ3) is 8.23. The lowest BCUT2D eigenvalue weighted by Gasteiger charge is -2.08. The average Bonchev–Trinajstić information content (AvgIpc) is 3.11. The molecule has 0 unspecified atom stereocenters. The first-order valence-electron chi connectivity index (χ1n) is 10.3. The van der Waals surface area contributed by atoms with E-state index in [4.69, 9.17) is 0 Å². The molecule has 3 rings (SSSR count). The van der Waals surface area contributed by atoms with Crippen molar-refractivity contribution >= 4 is 23.1 Å². The molecule has 0 aliphatic heterocycles. The van der Waals surface area contributed by atoms with Gasteiger partial charge in [0.2, 0.25) is 0 Å². The Morgan fingerprint density at radius 2 is 1.10 bits per heavy atom. The van der Waals surface area contributed by atoms with Crippen LogP contribution in [0, 0.1) is 0 Å². The molecule has 29 heavy (non-hydrogen) atoms. The Kier molecular flexibility index (Phi) is 17.8. The number of hydrogen-bond donors (Lipinski definition) is 0. The van der Waals surface area contributed by atoms with E-state index in [9.17, 15) is 0 Å². The van der Waals surface area contributed by atoms with Gasteiger partial charge in [0.1, 0.15) is 0 Å². The molecular formula is C28H39N. The predicted octanol–water partition coefficient (Wildman–Crippen LogP) is 9.35. The van der Waals surface area contributed by atoms with Crippen LogP contribution in [0.2, 0.25) is 0 Å². The molecule has 0 aliphatic carbocycles. The third-order valence-corrected chi connectivity index (χ3v) is 3.36. The zero-order chi connectivity index (χ0) is 22.7. The van der Waals surface area contributed by atoms with Gasteiger partial charge in [0.05, 0.1) is 11.2 Å². The van der Waals surface area contributed by atoms with E-state index in [0.29, 0.717) is 0 Å². The summed E-state index contributed by atoms with van der Waals surface area (Å²) in [7, 11) is 0. The number of nitrogens with zero attached hydrogens (tertiary/aromatic N) is 1. The minimum absolute atomic E-state index is 1.09. The monoisotopic (exact) mass is 389 g/mol. The fourth-order valence-electron chi connectivity index (χ4n) is 2.56. The van der Waals surface area contributed by atoms with Crippen LogP contribution in [0.1, 0.15) is 52.8 Å². The summed E-state index contributed by atoms with van der Waals surface area (Å²) < 4.78 is 2.22. The summed E-state index contributed by atoms with van der Waals surface area (Å²) in [6, 6.07) is 18.7. The zero-order valence-electron chi connectivity index (χ0n) is 19.3. The quantitative estimate of drug-likeness (QED) is 0.393. The highest BCUT2D eigenvalue weighted by Gasteiger charge is 2.13. The maximum absolute atomic E-state index is 3.95. The summed E-state index contributed by atoms with van der Waals surface area (Å²) in [6.45, 7) is 26.4. The normalized spacial score (nSPS) is 8.21. The van der Waals surface area contributed by atoms with Gasteiger partial charge in [-0.25, -0.2) is 0 Å².